The van der Waals surface area contributed by atoms with E-state index < -0.39 is 5.97 Å². The molecule has 0 unspecified atom stereocenters. The molecule has 0 aliphatic rings. The summed E-state index contributed by atoms with van der Waals surface area (Å²) in [6.07, 6.45) is 0.450. The van der Waals surface area contributed by atoms with E-state index in [-0.39, 0.29) is 11.3 Å². The highest BCUT2D eigenvalue weighted by atomic mass is 35.5. The third kappa shape index (κ3) is 5.05. The maximum Gasteiger partial charge on any atom is 0.339 e. The number of carboxylic acid groups (broad SMARTS) is 1. The highest BCUT2D eigenvalue weighted by Gasteiger charge is 2.14. The maximum absolute atomic E-state index is 11.2. The lowest BCUT2D eigenvalue weighted by Gasteiger charge is -2.11. The van der Waals surface area contributed by atoms with Gasteiger partial charge >= 0.3 is 5.97 Å². The summed E-state index contributed by atoms with van der Waals surface area (Å²) < 4.78 is 6.03. The van der Waals surface area contributed by atoms with Crippen LogP contribution in [0.2, 0.25) is 5.02 Å². The van der Waals surface area contributed by atoms with E-state index >= 15 is 0 Å². The average molecular weight is 452 g/mol. The van der Waals surface area contributed by atoms with Gasteiger partial charge in [-0.1, -0.05) is 48.0 Å². The van der Waals surface area contributed by atoms with Crippen LogP contribution in [-0.4, -0.2) is 21.2 Å². The number of nitrogens with zero attached hydrogens (tertiary/aromatic N) is 1. The predicted octanol–water partition coefficient (Wildman–Crippen LogP) is 6.04. The molecule has 0 spiro atoms. The van der Waals surface area contributed by atoms with Crippen molar-refractivity contribution in [2.75, 3.05) is 0 Å². The van der Waals surface area contributed by atoms with Crippen LogP contribution in [0.1, 0.15) is 26.5 Å². The number of aromatic carboxylic acids is 1. The van der Waals surface area contributed by atoms with Crippen LogP contribution in [-0.2, 0) is 13.0 Å². The van der Waals surface area contributed by atoms with Crippen molar-refractivity contribution in [2.45, 2.75) is 13.0 Å². The van der Waals surface area contributed by atoms with Gasteiger partial charge in [-0.05, 0) is 41.5 Å². The molecule has 0 fully saturated rings. The van der Waals surface area contributed by atoms with E-state index in [0.717, 1.165) is 27.4 Å². The zero-order valence-electron chi connectivity index (χ0n) is 16.3. The van der Waals surface area contributed by atoms with Gasteiger partial charge in [0.05, 0.1) is 10.7 Å². The fraction of sp³-hybridized carbons (Fsp3) is 0.0833. The summed E-state index contributed by atoms with van der Waals surface area (Å²) in [5.74, 6) is -0.739. The number of carbonyl (C=O) groups is 1. The average Bonchev–Trinajstić information content (AvgIpc) is 3.23. The predicted molar refractivity (Wildman–Crippen MR) is 121 cm³/mol. The number of carboxylic acids is 1. The molecule has 0 radical (unpaired) electrons. The van der Waals surface area contributed by atoms with E-state index in [0.29, 0.717) is 23.8 Å². The second kappa shape index (κ2) is 9.20. The Morgan fingerprint density at radius 1 is 1.03 bits per heavy atom. The minimum Gasteiger partial charge on any atom is -0.507 e. The van der Waals surface area contributed by atoms with Crippen LogP contribution in [0, 0.1) is 0 Å². The highest BCUT2D eigenvalue weighted by Crippen LogP contribution is 2.34. The number of thiazole rings is 1. The molecule has 0 bridgehead atoms. The molecular weight excluding hydrogens is 434 g/mol. The quantitative estimate of drug-likeness (QED) is 0.358. The lowest BCUT2D eigenvalue weighted by Crippen LogP contribution is -1.99. The van der Waals surface area contributed by atoms with Gasteiger partial charge in [0.1, 0.15) is 23.7 Å². The van der Waals surface area contributed by atoms with E-state index in [1.54, 1.807) is 12.1 Å². The van der Waals surface area contributed by atoms with Gasteiger partial charge in [0.2, 0.25) is 0 Å². The minimum atomic E-state index is -1.17. The van der Waals surface area contributed by atoms with Crippen LogP contribution in [0.5, 0.6) is 11.5 Å². The normalized spacial score (nSPS) is 10.7. The smallest absolute Gasteiger partial charge is 0.339 e. The Hall–Kier alpha value is -3.35. The molecule has 5 nitrogen and oxygen atoms in total. The van der Waals surface area contributed by atoms with Crippen molar-refractivity contribution < 1.29 is 19.7 Å². The van der Waals surface area contributed by atoms with E-state index in [4.69, 9.17) is 21.3 Å². The van der Waals surface area contributed by atoms with Crippen molar-refractivity contribution in [1.82, 2.24) is 4.98 Å². The number of rotatable bonds is 7. The number of halogens is 1. The minimum absolute atomic E-state index is 0.124. The van der Waals surface area contributed by atoms with Crippen LogP contribution in [0.15, 0.2) is 72.1 Å². The molecule has 0 aliphatic carbocycles. The standard InChI is InChI=1S/C24H18ClNO4S/c25-17-7-9-22(30-13-15-4-2-1-3-5-15)18(12-17)20-14-31-23(26-20)11-16-6-8-21(27)19(10-16)24(28)29/h1-10,12,14,27H,11,13H2,(H,28,29). The van der Waals surface area contributed by atoms with Gasteiger partial charge in [0.15, 0.2) is 0 Å². The third-order valence-electron chi connectivity index (χ3n) is 4.65. The van der Waals surface area contributed by atoms with E-state index in [1.807, 2.05) is 47.8 Å². The first-order valence-electron chi connectivity index (χ1n) is 9.46. The Bertz CT molecular complexity index is 1220. The molecule has 0 saturated heterocycles. The van der Waals surface area contributed by atoms with Gasteiger partial charge in [0.25, 0.3) is 0 Å². The Balaban J connectivity index is 1.57. The molecule has 7 heteroatoms. The number of benzene rings is 3. The molecule has 31 heavy (non-hydrogen) atoms. The van der Waals surface area contributed by atoms with Crippen molar-refractivity contribution in [3.8, 4) is 22.8 Å². The van der Waals surface area contributed by atoms with Crippen molar-refractivity contribution in [3.63, 3.8) is 0 Å². The molecule has 0 aliphatic heterocycles. The first-order valence-corrected chi connectivity index (χ1v) is 10.7. The van der Waals surface area contributed by atoms with Gasteiger partial charge in [-0.15, -0.1) is 11.3 Å². The number of hydrogen-bond acceptors (Lipinski definition) is 5. The maximum atomic E-state index is 11.2. The Morgan fingerprint density at radius 3 is 2.61 bits per heavy atom. The van der Waals surface area contributed by atoms with Gasteiger partial charge in [-0.3, -0.25) is 0 Å². The van der Waals surface area contributed by atoms with Gasteiger partial charge in [-0.25, -0.2) is 9.78 Å². The van der Waals surface area contributed by atoms with Gasteiger partial charge < -0.3 is 14.9 Å². The number of phenols is 1. The molecule has 1 aromatic heterocycles. The Labute approximate surface area is 188 Å². The molecule has 0 saturated carbocycles. The number of ether oxygens (including phenoxy) is 1. The summed E-state index contributed by atoms with van der Waals surface area (Å²) in [7, 11) is 0. The van der Waals surface area contributed by atoms with E-state index in [9.17, 15) is 15.0 Å². The molecule has 4 aromatic rings. The van der Waals surface area contributed by atoms with Crippen LogP contribution in [0.25, 0.3) is 11.3 Å². The van der Waals surface area contributed by atoms with Crippen LogP contribution in [0.3, 0.4) is 0 Å². The SMILES string of the molecule is O=C(O)c1cc(Cc2nc(-c3cc(Cl)ccc3OCc3ccccc3)cs2)ccc1O. The lowest BCUT2D eigenvalue weighted by molar-refractivity contribution is 0.0693. The molecule has 156 valence electrons. The summed E-state index contributed by atoms with van der Waals surface area (Å²) in [6.45, 7) is 0.429. The summed E-state index contributed by atoms with van der Waals surface area (Å²) in [4.78, 5) is 15.9. The molecule has 0 atom stereocenters. The van der Waals surface area contributed by atoms with Crippen molar-refractivity contribution in [2.24, 2.45) is 0 Å². The monoisotopic (exact) mass is 451 g/mol. The second-order valence-corrected chi connectivity index (χ2v) is 8.25. The fourth-order valence-electron chi connectivity index (χ4n) is 3.12. The molecule has 0 amide bonds. The summed E-state index contributed by atoms with van der Waals surface area (Å²) in [6, 6.07) is 19.9. The molecule has 2 N–H and O–H groups in total. The van der Waals surface area contributed by atoms with Gasteiger partial charge in [-0.2, -0.15) is 0 Å². The fourth-order valence-corrected chi connectivity index (χ4v) is 4.12. The highest BCUT2D eigenvalue weighted by molar-refractivity contribution is 7.10. The van der Waals surface area contributed by atoms with E-state index in [1.165, 1.54) is 23.5 Å². The third-order valence-corrected chi connectivity index (χ3v) is 5.74. The number of hydrogen-bond donors (Lipinski definition) is 2. The van der Waals surface area contributed by atoms with E-state index in [2.05, 4.69) is 0 Å². The first-order chi connectivity index (χ1) is 15.0. The zero-order chi connectivity index (χ0) is 21.8. The summed E-state index contributed by atoms with van der Waals surface area (Å²) >= 11 is 7.69. The largest absolute Gasteiger partial charge is 0.507 e. The Morgan fingerprint density at radius 2 is 1.84 bits per heavy atom. The number of aromatic hydroxyl groups is 1. The van der Waals surface area contributed by atoms with Crippen molar-refractivity contribution >= 4 is 28.9 Å². The molecule has 1 heterocycles. The topological polar surface area (TPSA) is 79.7 Å². The Kier molecular flexibility index (Phi) is 6.21. The van der Waals surface area contributed by atoms with Crippen LogP contribution >= 0.6 is 22.9 Å². The summed E-state index contributed by atoms with van der Waals surface area (Å²) in [5, 5.41) is 22.2. The summed E-state index contributed by atoms with van der Waals surface area (Å²) in [5.41, 5.74) is 3.22. The lowest BCUT2D eigenvalue weighted by atomic mass is 10.1. The van der Waals surface area contributed by atoms with Crippen LogP contribution < -0.4 is 4.74 Å². The number of aromatic nitrogens is 1. The second-order valence-electron chi connectivity index (χ2n) is 6.87. The zero-order valence-corrected chi connectivity index (χ0v) is 17.9. The first kappa shape index (κ1) is 20.9. The molecule has 4 rings (SSSR count). The molecule has 3 aromatic carbocycles. The van der Waals surface area contributed by atoms with Crippen LogP contribution in [0.4, 0.5) is 0 Å². The molecular formula is C24H18ClNO4S. The van der Waals surface area contributed by atoms with Crippen molar-refractivity contribution in [1.29, 1.82) is 0 Å². The van der Waals surface area contributed by atoms with Gasteiger partial charge in [0, 0.05) is 22.4 Å². The van der Waals surface area contributed by atoms with Crippen molar-refractivity contribution in [3.05, 3.63) is 98.8 Å².